The van der Waals surface area contributed by atoms with E-state index in [-0.39, 0.29) is 17.3 Å². The maximum absolute atomic E-state index is 12.1. The highest BCUT2D eigenvalue weighted by Gasteiger charge is 2.08. The topological polar surface area (TPSA) is 51.1 Å². The molecule has 0 saturated heterocycles. The van der Waals surface area contributed by atoms with E-state index >= 15 is 0 Å². The van der Waals surface area contributed by atoms with E-state index in [4.69, 9.17) is 0 Å². The van der Waals surface area contributed by atoms with Crippen LogP contribution >= 0.6 is 11.3 Å². The molecule has 2 aromatic carbocycles. The molecule has 0 aliphatic heterocycles. The predicted octanol–water partition coefficient (Wildman–Crippen LogP) is 2.69. The van der Waals surface area contributed by atoms with Gasteiger partial charge in [-0.15, -0.1) is 0 Å². The summed E-state index contributed by atoms with van der Waals surface area (Å²) in [5.74, 6) is -0.156. The number of thiazole rings is 1. The average Bonchev–Trinajstić information content (AvgIpc) is 2.85. The van der Waals surface area contributed by atoms with Gasteiger partial charge in [-0.3, -0.25) is 14.2 Å². The minimum Gasteiger partial charge on any atom is -0.350 e. The van der Waals surface area contributed by atoms with Gasteiger partial charge in [-0.25, -0.2) is 0 Å². The minimum absolute atomic E-state index is 0.0684. The third-order valence-corrected chi connectivity index (χ3v) is 4.52. The second kappa shape index (κ2) is 6.15. The molecule has 0 aliphatic carbocycles. The summed E-state index contributed by atoms with van der Waals surface area (Å²) in [6.45, 7) is 2.35. The van der Waals surface area contributed by atoms with Gasteiger partial charge >= 0.3 is 4.87 Å². The van der Waals surface area contributed by atoms with Gasteiger partial charge in [0.25, 0.3) is 0 Å². The van der Waals surface area contributed by atoms with Crippen LogP contribution in [0.15, 0.2) is 52.6 Å². The van der Waals surface area contributed by atoms with E-state index in [0.717, 1.165) is 33.4 Å². The van der Waals surface area contributed by atoms with Crippen LogP contribution in [0.2, 0.25) is 0 Å². The Kier molecular flexibility index (Phi) is 4.06. The van der Waals surface area contributed by atoms with Crippen molar-refractivity contribution in [2.24, 2.45) is 0 Å². The molecule has 0 bridgehead atoms. The fraction of sp³-hybridized carbons (Fsp3) is 0.176. The second-order valence-corrected chi connectivity index (χ2v) is 5.96. The lowest BCUT2D eigenvalue weighted by Crippen LogP contribution is -2.30. The van der Waals surface area contributed by atoms with Crippen molar-refractivity contribution < 1.29 is 4.79 Å². The fourth-order valence-corrected chi connectivity index (χ4v) is 3.17. The van der Waals surface area contributed by atoms with E-state index in [1.807, 2.05) is 37.3 Å². The molecule has 0 atom stereocenters. The third kappa shape index (κ3) is 2.94. The van der Waals surface area contributed by atoms with Gasteiger partial charge < -0.3 is 5.32 Å². The van der Waals surface area contributed by atoms with Crippen molar-refractivity contribution in [1.29, 1.82) is 0 Å². The number of amides is 1. The molecule has 1 aromatic heterocycles. The third-order valence-electron chi connectivity index (χ3n) is 3.63. The lowest BCUT2D eigenvalue weighted by Gasteiger charge is -2.09. The first-order valence-corrected chi connectivity index (χ1v) is 7.91. The number of nitrogens with one attached hydrogen (secondary N) is 1. The summed E-state index contributed by atoms with van der Waals surface area (Å²) in [6, 6.07) is 14.1. The Hall–Kier alpha value is -2.40. The van der Waals surface area contributed by atoms with E-state index < -0.39 is 0 Å². The van der Waals surface area contributed by atoms with Crippen LogP contribution in [0.1, 0.15) is 11.3 Å². The van der Waals surface area contributed by atoms with E-state index in [0.29, 0.717) is 6.54 Å². The fourth-order valence-electron chi connectivity index (χ4n) is 2.44. The number of hydrogen-bond acceptors (Lipinski definition) is 3. The largest absolute Gasteiger partial charge is 0.350 e. The first-order valence-electron chi connectivity index (χ1n) is 7.03. The van der Waals surface area contributed by atoms with Gasteiger partial charge in [-0.1, -0.05) is 53.8 Å². The van der Waals surface area contributed by atoms with Gasteiger partial charge in [0.05, 0.1) is 0 Å². The lowest BCUT2D eigenvalue weighted by molar-refractivity contribution is -0.121. The Morgan fingerprint density at radius 1 is 1.18 bits per heavy atom. The maximum atomic E-state index is 12.1. The first kappa shape index (κ1) is 14.5. The maximum Gasteiger partial charge on any atom is 0.307 e. The van der Waals surface area contributed by atoms with Gasteiger partial charge in [0, 0.05) is 17.6 Å². The van der Waals surface area contributed by atoms with Crippen molar-refractivity contribution in [3.63, 3.8) is 0 Å². The molecule has 112 valence electrons. The van der Waals surface area contributed by atoms with E-state index in [9.17, 15) is 9.59 Å². The number of aromatic nitrogens is 1. The van der Waals surface area contributed by atoms with Crippen molar-refractivity contribution in [3.8, 4) is 0 Å². The lowest BCUT2D eigenvalue weighted by atomic mass is 10.0. The Balaban J connectivity index is 1.72. The van der Waals surface area contributed by atoms with Crippen molar-refractivity contribution in [2.45, 2.75) is 20.0 Å². The zero-order valence-corrected chi connectivity index (χ0v) is 13.0. The van der Waals surface area contributed by atoms with Crippen LogP contribution in [0.3, 0.4) is 0 Å². The molecule has 22 heavy (non-hydrogen) atoms. The zero-order chi connectivity index (χ0) is 15.5. The summed E-state index contributed by atoms with van der Waals surface area (Å²) in [6.07, 6.45) is 0. The van der Waals surface area contributed by atoms with E-state index in [2.05, 4.69) is 17.4 Å². The number of rotatable bonds is 4. The smallest absolute Gasteiger partial charge is 0.307 e. The molecule has 0 saturated carbocycles. The van der Waals surface area contributed by atoms with Gasteiger partial charge in [0.2, 0.25) is 5.91 Å². The SMILES string of the molecule is Cc1csc(=O)n1CC(=O)NCc1cccc2ccccc12. The summed E-state index contributed by atoms with van der Waals surface area (Å²) >= 11 is 1.12. The molecular weight excluding hydrogens is 296 g/mol. The highest BCUT2D eigenvalue weighted by atomic mass is 32.1. The number of hydrogen-bond donors (Lipinski definition) is 1. The quantitative estimate of drug-likeness (QED) is 0.805. The number of aryl methyl sites for hydroxylation is 1. The molecule has 0 aliphatic rings. The van der Waals surface area contributed by atoms with Crippen LogP contribution in [0.5, 0.6) is 0 Å². The molecule has 3 rings (SSSR count). The van der Waals surface area contributed by atoms with Gasteiger partial charge in [-0.05, 0) is 23.3 Å². The van der Waals surface area contributed by atoms with Crippen molar-refractivity contribution >= 4 is 28.0 Å². The van der Waals surface area contributed by atoms with Gasteiger partial charge in [0.1, 0.15) is 6.54 Å². The monoisotopic (exact) mass is 312 g/mol. The Labute approximate surface area is 132 Å². The molecule has 0 fully saturated rings. The van der Waals surface area contributed by atoms with Crippen LogP contribution in [0.25, 0.3) is 10.8 Å². The van der Waals surface area contributed by atoms with Gasteiger partial charge in [-0.2, -0.15) is 0 Å². The van der Waals surface area contributed by atoms with Crippen molar-refractivity contribution in [1.82, 2.24) is 9.88 Å². The standard InChI is InChI=1S/C17H16N2O2S/c1-12-11-22-17(21)19(12)10-16(20)18-9-14-7-4-6-13-5-2-3-8-15(13)14/h2-8,11H,9-10H2,1H3,(H,18,20). The predicted molar refractivity (Wildman–Crippen MR) is 89.1 cm³/mol. The van der Waals surface area contributed by atoms with Crippen LogP contribution in [0, 0.1) is 6.92 Å². The summed E-state index contributed by atoms with van der Waals surface area (Å²) < 4.78 is 1.49. The summed E-state index contributed by atoms with van der Waals surface area (Å²) in [4.78, 5) is 23.6. The molecule has 1 amide bonds. The number of fused-ring (bicyclic) bond motifs is 1. The van der Waals surface area contributed by atoms with Crippen LogP contribution in [-0.4, -0.2) is 10.5 Å². The van der Waals surface area contributed by atoms with E-state index in [1.54, 1.807) is 5.38 Å². The number of carbonyl (C=O) groups is 1. The van der Waals surface area contributed by atoms with Crippen LogP contribution in [-0.2, 0) is 17.9 Å². The van der Waals surface area contributed by atoms with Crippen LogP contribution < -0.4 is 10.2 Å². The summed E-state index contributed by atoms with van der Waals surface area (Å²) in [5, 5.41) is 6.94. The number of carbonyl (C=O) groups excluding carboxylic acids is 1. The number of benzene rings is 2. The van der Waals surface area contributed by atoms with Crippen LogP contribution in [0.4, 0.5) is 0 Å². The second-order valence-electron chi connectivity index (χ2n) is 5.14. The Morgan fingerprint density at radius 2 is 1.95 bits per heavy atom. The van der Waals surface area contributed by atoms with Gasteiger partial charge in [0.15, 0.2) is 0 Å². The molecule has 5 heteroatoms. The Morgan fingerprint density at radius 3 is 2.73 bits per heavy atom. The number of nitrogens with zero attached hydrogens (tertiary/aromatic N) is 1. The molecular formula is C17H16N2O2S. The molecule has 1 heterocycles. The molecule has 1 N–H and O–H groups in total. The molecule has 0 spiro atoms. The average molecular weight is 312 g/mol. The zero-order valence-electron chi connectivity index (χ0n) is 12.2. The molecule has 0 unspecified atom stereocenters. The van der Waals surface area contributed by atoms with E-state index in [1.165, 1.54) is 4.57 Å². The minimum atomic E-state index is -0.156. The normalized spacial score (nSPS) is 10.8. The first-order chi connectivity index (χ1) is 10.6. The van der Waals surface area contributed by atoms with Crippen molar-refractivity contribution in [3.05, 3.63) is 68.8 Å². The summed E-state index contributed by atoms with van der Waals surface area (Å²) in [5.41, 5.74) is 1.89. The molecule has 3 aromatic rings. The Bertz CT molecular complexity index is 874. The highest BCUT2D eigenvalue weighted by Crippen LogP contribution is 2.18. The highest BCUT2D eigenvalue weighted by molar-refractivity contribution is 7.07. The summed E-state index contributed by atoms with van der Waals surface area (Å²) in [7, 11) is 0. The van der Waals surface area contributed by atoms with Crippen molar-refractivity contribution in [2.75, 3.05) is 0 Å². The molecule has 0 radical (unpaired) electrons. The molecule has 4 nitrogen and oxygen atoms in total.